The zero-order chi connectivity index (χ0) is 22.0. The van der Waals surface area contributed by atoms with Crippen LogP contribution in [0.5, 0.6) is 5.75 Å². The van der Waals surface area contributed by atoms with E-state index in [0.29, 0.717) is 57.0 Å². The van der Waals surface area contributed by atoms with Crippen molar-refractivity contribution < 1.29 is 28.7 Å². The number of hydrogen-bond donors (Lipinski definition) is 1. The normalized spacial score (nSPS) is 24.0. The van der Waals surface area contributed by atoms with Crippen molar-refractivity contribution in [3.8, 4) is 5.75 Å². The van der Waals surface area contributed by atoms with Crippen molar-refractivity contribution in [2.75, 3.05) is 40.0 Å². The van der Waals surface area contributed by atoms with Gasteiger partial charge in [-0.3, -0.25) is 24.5 Å². The fourth-order valence-electron chi connectivity index (χ4n) is 4.57. The summed E-state index contributed by atoms with van der Waals surface area (Å²) in [6, 6.07) is 5.33. The summed E-state index contributed by atoms with van der Waals surface area (Å²) < 4.78 is 10.5. The summed E-state index contributed by atoms with van der Waals surface area (Å²) in [5, 5.41) is 2.44. The van der Waals surface area contributed by atoms with E-state index in [-0.39, 0.29) is 37.1 Å². The standard InChI is InChI=1S/C22H27N3O6/c1-30-16-5-4-15-13-25(20(28)17(15)11-16)14-22(6-2-3-18(26)23-21(22)29)12-19(27)24-7-9-31-10-8-24/h4-5,11H,2-3,6-10,12-14H2,1H3,(H,23,26,29). The first kappa shape index (κ1) is 21.3. The SMILES string of the molecule is COc1ccc2c(c1)C(=O)N(CC1(CC(=O)N3CCOCC3)CCCC(=O)NC1=O)C2. The van der Waals surface area contributed by atoms with E-state index < -0.39 is 11.3 Å². The molecule has 2 saturated heterocycles. The highest BCUT2D eigenvalue weighted by atomic mass is 16.5. The predicted molar refractivity (Wildman–Crippen MR) is 109 cm³/mol. The van der Waals surface area contributed by atoms with Gasteiger partial charge < -0.3 is 19.3 Å². The maximum absolute atomic E-state index is 13.1. The van der Waals surface area contributed by atoms with E-state index in [1.807, 2.05) is 6.07 Å². The van der Waals surface area contributed by atoms with Crippen molar-refractivity contribution in [1.29, 1.82) is 0 Å². The van der Waals surface area contributed by atoms with Crippen LogP contribution in [0.15, 0.2) is 18.2 Å². The Hall–Kier alpha value is -2.94. The van der Waals surface area contributed by atoms with Gasteiger partial charge in [-0.15, -0.1) is 0 Å². The maximum atomic E-state index is 13.1. The van der Waals surface area contributed by atoms with Crippen LogP contribution in [0.4, 0.5) is 0 Å². The zero-order valence-electron chi connectivity index (χ0n) is 17.6. The molecule has 0 saturated carbocycles. The van der Waals surface area contributed by atoms with Gasteiger partial charge in [-0.1, -0.05) is 6.07 Å². The molecule has 31 heavy (non-hydrogen) atoms. The highest BCUT2D eigenvalue weighted by Gasteiger charge is 2.46. The van der Waals surface area contributed by atoms with Crippen molar-refractivity contribution in [3.63, 3.8) is 0 Å². The van der Waals surface area contributed by atoms with Crippen LogP contribution >= 0.6 is 0 Å². The highest BCUT2D eigenvalue weighted by Crippen LogP contribution is 2.37. The van der Waals surface area contributed by atoms with Crippen molar-refractivity contribution in [2.45, 2.75) is 32.2 Å². The molecule has 1 aromatic rings. The molecule has 9 nitrogen and oxygen atoms in total. The lowest BCUT2D eigenvalue weighted by atomic mass is 9.78. The number of nitrogens with one attached hydrogen (secondary N) is 1. The monoisotopic (exact) mass is 429 g/mol. The molecule has 3 aliphatic rings. The van der Waals surface area contributed by atoms with Crippen LogP contribution < -0.4 is 10.1 Å². The summed E-state index contributed by atoms with van der Waals surface area (Å²) in [7, 11) is 1.54. The topological polar surface area (TPSA) is 105 Å². The van der Waals surface area contributed by atoms with E-state index >= 15 is 0 Å². The van der Waals surface area contributed by atoms with Crippen molar-refractivity contribution in [1.82, 2.24) is 15.1 Å². The summed E-state index contributed by atoms with van der Waals surface area (Å²) >= 11 is 0. The van der Waals surface area contributed by atoms with Gasteiger partial charge in [0.1, 0.15) is 5.75 Å². The van der Waals surface area contributed by atoms with Gasteiger partial charge in [-0.2, -0.15) is 0 Å². The largest absolute Gasteiger partial charge is 0.497 e. The molecule has 1 N–H and O–H groups in total. The molecule has 0 spiro atoms. The van der Waals surface area contributed by atoms with Gasteiger partial charge in [0.25, 0.3) is 5.91 Å². The van der Waals surface area contributed by atoms with Crippen LogP contribution in [-0.2, 0) is 25.7 Å². The average Bonchev–Trinajstić information content (AvgIpc) is 3.00. The minimum Gasteiger partial charge on any atom is -0.497 e. The van der Waals surface area contributed by atoms with Crippen molar-refractivity contribution in [2.24, 2.45) is 5.41 Å². The number of benzene rings is 1. The molecule has 2 fully saturated rings. The lowest BCUT2D eigenvalue weighted by molar-refractivity contribution is -0.145. The Morgan fingerprint density at radius 2 is 2.00 bits per heavy atom. The summed E-state index contributed by atoms with van der Waals surface area (Å²) in [4.78, 5) is 54.6. The Balaban J connectivity index is 1.59. The molecular weight excluding hydrogens is 402 g/mol. The van der Waals surface area contributed by atoms with E-state index in [1.165, 1.54) is 7.11 Å². The number of morpholine rings is 1. The third kappa shape index (κ3) is 4.27. The van der Waals surface area contributed by atoms with Gasteiger partial charge in [0, 0.05) is 44.6 Å². The Labute approximate surface area is 180 Å². The van der Waals surface area contributed by atoms with Crippen LogP contribution in [0.1, 0.15) is 41.6 Å². The molecule has 3 aliphatic heterocycles. The van der Waals surface area contributed by atoms with Crippen molar-refractivity contribution >= 4 is 23.6 Å². The maximum Gasteiger partial charge on any atom is 0.254 e. The third-order valence-electron chi connectivity index (χ3n) is 6.34. The number of hydrogen-bond acceptors (Lipinski definition) is 6. The number of nitrogens with zero attached hydrogens (tertiary/aromatic N) is 2. The number of carbonyl (C=O) groups excluding carboxylic acids is 4. The Kier molecular flexibility index (Phi) is 5.95. The Bertz CT molecular complexity index is 911. The lowest BCUT2D eigenvalue weighted by Gasteiger charge is -2.36. The van der Waals surface area contributed by atoms with E-state index in [4.69, 9.17) is 9.47 Å². The Morgan fingerprint density at radius 1 is 1.23 bits per heavy atom. The fourth-order valence-corrected chi connectivity index (χ4v) is 4.57. The number of methoxy groups -OCH3 is 1. The summed E-state index contributed by atoms with van der Waals surface area (Å²) in [5.74, 6) is -0.581. The molecule has 1 unspecified atom stereocenters. The van der Waals surface area contributed by atoms with Gasteiger partial charge in [0.2, 0.25) is 17.7 Å². The minimum atomic E-state index is -1.15. The smallest absolute Gasteiger partial charge is 0.254 e. The molecule has 166 valence electrons. The molecular formula is C22H27N3O6. The van der Waals surface area contributed by atoms with Crippen LogP contribution in [0.3, 0.4) is 0 Å². The van der Waals surface area contributed by atoms with E-state index in [2.05, 4.69) is 5.32 Å². The average molecular weight is 429 g/mol. The van der Waals surface area contributed by atoms with Gasteiger partial charge >= 0.3 is 0 Å². The quantitative estimate of drug-likeness (QED) is 0.692. The second kappa shape index (κ2) is 8.66. The number of rotatable bonds is 5. The first-order valence-corrected chi connectivity index (χ1v) is 10.6. The molecule has 1 atom stereocenters. The lowest BCUT2D eigenvalue weighted by Crippen LogP contribution is -2.52. The van der Waals surface area contributed by atoms with Gasteiger partial charge in [0.05, 0.1) is 25.7 Å². The van der Waals surface area contributed by atoms with Crippen molar-refractivity contribution in [3.05, 3.63) is 29.3 Å². The van der Waals surface area contributed by atoms with Gasteiger partial charge in [0.15, 0.2) is 0 Å². The van der Waals surface area contributed by atoms with Crippen LogP contribution in [0.25, 0.3) is 0 Å². The fraction of sp³-hybridized carbons (Fsp3) is 0.545. The van der Waals surface area contributed by atoms with E-state index in [1.54, 1.807) is 21.9 Å². The minimum absolute atomic E-state index is 0.0461. The summed E-state index contributed by atoms with van der Waals surface area (Å²) in [5.41, 5.74) is 0.244. The first-order valence-electron chi connectivity index (χ1n) is 10.6. The molecule has 4 rings (SSSR count). The number of carbonyl (C=O) groups is 4. The van der Waals surface area contributed by atoms with E-state index in [0.717, 1.165) is 5.56 Å². The highest BCUT2D eigenvalue weighted by molar-refractivity contribution is 6.02. The van der Waals surface area contributed by atoms with Crippen LogP contribution in [0.2, 0.25) is 0 Å². The number of fused-ring (bicyclic) bond motifs is 1. The third-order valence-corrected chi connectivity index (χ3v) is 6.34. The molecule has 0 aliphatic carbocycles. The number of amides is 4. The second-order valence-electron chi connectivity index (χ2n) is 8.37. The second-order valence-corrected chi connectivity index (χ2v) is 8.37. The zero-order valence-corrected chi connectivity index (χ0v) is 17.6. The molecule has 0 radical (unpaired) electrons. The summed E-state index contributed by atoms with van der Waals surface area (Å²) in [6.07, 6.45) is 1.03. The number of imide groups is 1. The number of ether oxygens (including phenoxy) is 2. The van der Waals surface area contributed by atoms with E-state index in [9.17, 15) is 19.2 Å². The molecule has 0 bridgehead atoms. The molecule has 1 aromatic carbocycles. The molecule has 0 aromatic heterocycles. The van der Waals surface area contributed by atoms with Gasteiger partial charge in [-0.05, 0) is 30.5 Å². The Morgan fingerprint density at radius 3 is 2.74 bits per heavy atom. The van der Waals surface area contributed by atoms with Gasteiger partial charge in [-0.25, -0.2) is 0 Å². The predicted octanol–water partition coefficient (Wildman–Crippen LogP) is 0.713. The van der Waals surface area contributed by atoms with Crippen LogP contribution in [0, 0.1) is 5.41 Å². The molecule has 4 amide bonds. The van der Waals surface area contributed by atoms with Crippen LogP contribution in [-0.4, -0.2) is 73.4 Å². The molecule has 3 heterocycles. The molecule has 9 heteroatoms. The summed E-state index contributed by atoms with van der Waals surface area (Å²) in [6.45, 7) is 2.31. The first-order chi connectivity index (χ1) is 14.9.